The summed E-state index contributed by atoms with van der Waals surface area (Å²) in [7, 11) is 0. The molecule has 0 fully saturated rings. The van der Waals surface area contributed by atoms with Gasteiger partial charge in [0.25, 0.3) is 0 Å². The van der Waals surface area contributed by atoms with E-state index in [9.17, 15) is 4.79 Å². The van der Waals surface area contributed by atoms with Crippen LogP contribution in [-0.4, -0.2) is 5.78 Å². The molecule has 0 spiro atoms. The zero-order valence-electron chi connectivity index (χ0n) is 11.5. The van der Waals surface area contributed by atoms with E-state index in [1.807, 2.05) is 25.1 Å². The fourth-order valence-corrected chi connectivity index (χ4v) is 1.73. The van der Waals surface area contributed by atoms with E-state index in [2.05, 4.69) is 24.8 Å². The van der Waals surface area contributed by atoms with E-state index < -0.39 is 0 Å². The molecule has 96 valence electrons. The lowest BCUT2D eigenvalue weighted by molar-refractivity contribution is -0.118. The molecule has 0 N–H and O–H groups in total. The van der Waals surface area contributed by atoms with Crippen LogP contribution >= 0.6 is 0 Å². The third-order valence-electron chi connectivity index (χ3n) is 2.96. The van der Waals surface area contributed by atoms with Crippen molar-refractivity contribution in [3.05, 3.63) is 35.4 Å². The van der Waals surface area contributed by atoms with Gasteiger partial charge in [-0.2, -0.15) is 0 Å². The summed E-state index contributed by atoms with van der Waals surface area (Å²) in [6, 6.07) is 8.15. The van der Waals surface area contributed by atoms with Gasteiger partial charge in [-0.3, -0.25) is 4.79 Å². The van der Waals surface area contributed by atoms with E-state index in [1.165, 1.54) is 12.0 Å². The molecule has 0 aliphatic heterocycles. The van der Waals surface area contributed by atoms with Crippen molar-refractivity contribution < 1.29 is 4.79 Å². The van der Waals surface area contributed by atoms with Gasteiger partial charge in [0.2, 0.25) is 0 Å². The monoisotopic (exact) mass is 242 g/mol. The third-order valence-corrected chi connectivity index (χ3v) is 2.96. The van der Waals surface area contributed by atoms with Gasteiger partial charge in [-0.15, -0.1) is 0 Å². The quantitative estimate of drug-likeness (QED) is 0.541. The number of aryl methyl sites for hydroxylation is 1. The Morgan fingerprint density at radius 1 is 1.22 bits per heavy atom. The molecule has 0 radical (unpaired) electrons. The van der Waals surface area contributed by atoms with E-state index in [0.29, 0.717) is 18.6 Å². The molecule has 1 rings (SSSR count). The SMILES string of the molecule is CCCCC#Cc1ccccc1CCC(=O)CC. The standard InChI is InChI=1S/C17H22O/c1-3-5-6-7-10-15-11-8-9-12-16(15)13-14-17(18)4-2/h8-9,11-12H,3-6,13-14H2,1-2H3. The van der Waals surface area contributed by atoms with Crippen LogP contribution in [0.4, 0.5) is 0 Å². The average molecular weight is 242 g/mol. The molecule has 0 heterocycles. The number of hydrogen-bond acceptors (Lipinski definition) is 1. The first-order chi connectivity index (χ1) is 8.77. The second-order valence-corrected chi connectivity index (χ2v) is 4.45. The maximum Gasteiger partial charge on any atom is 0.132 e. The highest BCUT2D eigenvalue weighted by atomic mass is 16.1. The second-order valence-electron chi connectivity index (χ2n) is 4.45. The summed E-state index contributed by atoms with van der Waals surface area (Å²) >= 11 is 0. The summed E-state index contributed by atoms with van der Waals surface area (Å²) in [4.78, 5) is 11.4. The maximum absolute atomic E-state index is 11.4. The van der Waals surface area contributed by atoms with Gasteiger partial charge >= 0.3 is 0 Å². The van der Waals surface area contributed by atoms with E-state index in [4.69, 9.17) is 0 Å². The van der Waals surface area contributed by atoms with Crippen molar-refractivity contribution in [1.82, 2.24) is 0 Å². The predicted octanol–water partition coefficient (Wildman–Crippen LogP) is 4.14. The fraction of sp³-hybridized carbons (Fsp3) is 0.471. The zero-order valence-corrected chi connectivity index (χ0v) is 11.5. The normalized spacial score (nSPS) is 9.67. The van der Waals surface area contributed by atoms with Crippen molar-refractivity contribution in [1.29, 1.82) is 0 Å². The van der Waals surface area contributed by atoms with Crippen LogP contribution in [0.25, 0.3) is 0 Å². The summed E-state index contributed by atoms with van der Waals surface area (Å²) in [6.45, 7) is 4.09. The van der Waals surface area contributed by atoms with Gasteiger partial charge in [0.15, 0.2) is 0 Å². The van der Waals surface area contributed by atoms with E-state index >= 15 is 0 Å². The Labute approximate surface area is 111 Å². The number of benzene rings is 1. The highest BCUT2D eigenvalue weighted by molar-refractivity contribution is 5.78. The van der Waals surface area contributed by atoms with E-state index in [-0.39, 0.29) is 0 Å². The highest BCUT2D eigenvalue weighted by Crippen LogP contribution is 2.11. The third kappa shape index (κ3) is 5.19. The van der Waals surface area contributed by atoms with Crippen molar-refractivity contribution >= 4 is 5.78 Å². The van der Waals surface area contributed by atoms with Crippen molar-refractivity contribution in [2.75, 3.05) is 0 Å². The summed E-state index contributed by atoms with van der Waals surface area (Å²) in [5, 5.41) is 0. The van der Waals surface area contributed by atoms with E-state index in [1.54, 1.807) is 0 Å². The van der Waals surface area contributed by atoms with Crippen molar-refractivity contribution in [2.45, 2.75) is 52.4 Å². The minimum absolute atomic E-state index is 0.323. The Morgan fingerprint density at radius 3 is 2.72 bits per heavy atom. The molecule has 0 atom stereocenters. The van der Waals surface area contributed by atoms with Crippen LogP contribution in [-0.2, 0) is 11.2 Å². The van der Waals surface area contributed by atoms with Crippen LogP contribution in [0.1, 0.15) is 57.1 Å². The van der Waals surface area contributed by atoms with Crippen molar-refractivity contribution in [3.8, 4) is 11.8 Å². The minimum atomic E-state index is 0.323. The van der Waals surface area contributed by atoms with Crippen LogP contribution in [0.3, 0.4) is 0 Å². The molecule has 0 saturated heterocycles. The number of hydrogen-bond donors (Lipinski definition) is 0. The molecular formula is C17H22O. The largest absolute Gasteiger partial charge is 0.300 e. The highest BCUT2D eigenvalue weighted by Gasteiger charge is 2.02. The number of ketones is 1. The molecule has 0 saturated carbocycles. The lowest BCUT2D eigenvalue weighted by Crippen LogP contribution is -1.99. The van der Waals surface area contributed by atoms with Gasteiger partial charge in [-0.05, 0) is 24.5 Å². The van der Waals surface area contributed by atoms with Gasteiger partial charge in [0.1, 0.15) is 5.78 Å². The molecule has 0 aliphatic rings. The number of carbonyl (C=O) groups excluding carboxylic acids is 1. The Balaban J connectivity index is 2.66. The van der Waals surface area contributed by atoms with Gasteiger partial charge < -0.3 is 0 Å². The average Bonchev–Trinajstić information content (AvgIpc) is 2.42. The fourth-order valence-electron chi connectivity index (χ4n) is 1.73. The Bertz CT molecular complexity index is 434. The summed E-state index contributed by atoms with van der Waals surface area (Å²) in [5.41, 5.74) is 2.28. The Kier molecular flexibility index (Phi) is 6.87. The number of Topliss-reactive ketones (excluding diaryl/α,β-unsaturated/α-hetero) is 1. The molecule has 1 nitrogen and oxygen atoms in total. The van der Waals surface area contributed by atoms with Crippen LogP contribution < -0.4 is 0 Å². The molecule has 18 heavy (non-hydrogen) atoms. The predicted molar refractivity (Wildman–Crippen MR) is 76.5 cm³/mol. The minimum Gasteiger partial charge on any atom is -0.300 e. The zero-order chi connectivity index (χ0) is 13.2. The molecule has 1 aromatic rings. The number of carbonyl (C=O) groups is 1. The molecule has 0 unspecified atom stereocenters. The van der Waals surface area contributed by atoms with Gasteiger partial charge in [-0.25, -0.2) is 0 Å². The first-order valence-electron chi connectivity index (χ1n) is 6.86. The van der Waals surface area contributed by atoms with Crippen molar-refractivity contribution in [3.63, 3.8) is 0 Å². The van der Waals surface area contributed by atoms with Crippen molar-refractivity contribution in [2.24, 2.45) is 0 Å². The summed E-state index contributed by atoms with van der Waals surface area (Å²) in [5.74, 6) is 6.76. The van der Waals surface area contributed by atoms with Crippen LogP contribution in [0, 0.1) is 11.8 Å². The molecule has 0 aliphatic carbocycles. The number of rotatable bonds is 6. The molecule has 0 amide bonds. The Hall–Kier alpha value is -1.55. The first kappa shape index (κ1) is 14.5. The summed E-state index contributed by atoms with van der Waals surface area (Å²) < 4.78 is 0. The summed E-state index contributed by atoms with van der Waals surface area (Å²) in [6.07, 6.45) is 5.36. The molecular weight excluding hydrogens is 220 g/mol. The van der Waals surface area contributed by atoms with Gasteiger partial charge in [0.05, 0.1) is 0 Å². The first-order valence-corrected chi connectivity index (χ1v) is 6.86. The number of unbranched alkanes of at least 4 members (excludes halogenated alkanes) is 2. The van der Waals surface area contributed by atoms with Crippen LogP contribution in [0.2, 0.25) is 0 Å². The Morgan fingerprint density at radius 2 is 2.00 bits per heavy atom. The molecule has 1 aromatic carbocycles. The molecule has 0 bridgehead atoms. The van der Waals surface area contributed by atoms with Crippen LogP contribution in [0.5, 0.6) is 0 Å². The lowest BCUT2D eigenvalue weighted by Gasteiger charge is -2.03. The molecule has 1 heteroatoms. The molecule has 0 aromatic heterocycles. The lowest BCUT2D eigenvalue weighted by atomic mass is 10.0. The van der Waals surface area contributed by atoms with Crippen LogP contribution in [0.15, 0.2) is 24.3 Å². The van der Waals surface area contributed by atoms with E-state index in [0.717, 1.165) is 24.8 Å². The maximum atomic E-state index is 11.4. The topological polar surface area (TPSA) is 17.1 Å². The smallest absolute Gasteiger partial charge is 0.132 e. The van der Waals surface area contributed by atoms with Gasteiger partial charge in [0, 0.05) is 24.8 Å². The second kappa shape index (κ2) is 8.53. The van der Waals surface area contributed by atoms with Gasteiger partial charge in [-0.1, -0.05) is 50.3 Å².